The van der Waals surface area contributed by atoms with Crippen LogP contribution in [-0.4, -0.2) is 50.3 Å². The molecule has 0 fully saturated rings. The largest absolute Gasteiger partial charge is 0.461 e. The molecule has 0 amide bonds. The first-order chi connectivity index (χ1) is 17.0. The molecule has 0 saturated carbocycles. The standard InChI is InChI=1S/C24H26F2N8O/c1-3-32(19-7-6-16(25)13-18(19)26)11-9-28-14-15(2)33-10-8-17-22(33)30-24(27)34-23(17)29-21(31-34)20-5-4-12-35-20/h4-8,10,12-13,15,28H,3,9,11,14H2,1-2H3,(H2,27,30). The van der Waals surface area contributed by atoms with Gasteiger partial charge in [-0.2, -0.15) is 9.50 Å². The van der Waals surface area contributed by atoms with Crippen LogP contribution in [0.4, 0.5) is 20.4 Å². The quantitative estimate of drug-likeness (QED) is 0.309. The van der Waals surface area contributed by atoms with Crippen molar-refractivity contribution < 1.29 is 13.2 Å². The number of nitrogens with one attached hydrogen (secondary N) is 1. The lowest BCUT2D eigenvalue weighted by molar-refractivity contribution is 0.503. The van der Waals surface area contributed by atoms with Gasteiger partial charge in [-0.25, -0.2) is 13.8 Å². The second-order valence-corrected chi connectivity index (χ2v) is 8.31. The molecule has 0 bridgehead atoms. The Balaban J connectivity index is 1.29. The molecule has 0 aliphatic rings. The molecular formula is C24H26F2N8O. The lowest BCUT2D eigenvalue weighted by Gasteiger charge is -2.24. The molecule has 4 aromatic heterocycles. The number of rotatable bonds is 9. The third kappa shape index (κ3) is 4.30. The van der Waals surface area contributed by atoms with E-state index in [0.717, 1.165) is 11.5 Å². The van der Waals surface area contributed by atoms with Gasteiger partial charge in [0, 0.05) is 44.5 Å². The summed E-state index contributed by atoms with van der Waals surface area (Å²) in [5.74, 6) is 0.0926. The number of fused-ring (bicyclic) bond motifs is 3. The highest BCUT2D eigenvalue weighted by molar-refractivity contribution is 5.91. The van der Waals surface area contributed by atoms with Crippen molar-refractivity contribution in [3.05, 3.63) is 60.5 Å². The summed E-state index contributed by atoms with van der Waals surface area (Å²) in [5.41, 5.74) is 7.91. The number of nitrogens with two attached hydrogens (primary N) is 1. The van der Waals surface area contributed by atoms with Gasteiger partial charge in [0.2, 0.25) is 11.8 Å². The van der Waals surface area contributed by atoms with E-state index in [0.29, 0.717) is 54.7 Å². The van der Waals surface area contributed by atoms with Crippen LogP contribution in [-0.2, 0) is 0 Å². The molecule has 5 aromatic rings. The summed E-state index contributed by atoms with van der Waals surface area (Å²) < 4.78 is 36.3. The topological polar surface area (TPSA) is 102 Å². The van der Waals surface area contributed by atoms with Gasteiger partial charge < -0.3 is 24.9 Å². The summed E-state index contributed by atoms with van der Waals surface area (Å²) >= 11 is 0. The van der Waals surface area contributed by atoms with Gasteiger partial charge in [-0.1, -0.05) is 0 Å². The number of nitrogen functional groups attached to an aromatic ring is 1. The average Bonchev–Trinajstić information content (AvgIpc) is 3.59. The molecule has 0 radical (unpaired) electrons. The molecule has 1 aromatic carbocycles. The number of nitrogens with zero attached hydrogens (tertiary/aromatic N) is 6. The predicted octanol–water partition coefficient (Wildman–Crippen LogP) is 3.88. The third-order valence-corrected chi connectivity index (χ3v) is 6.02. The number of likely N-dealkylation sites (N-methyl/N-ethyl adjacent to an activating group) is 1. The fourth-order valence-corrected chi connectivity index (χ4v) is 4.21. The lowest BCUT2D eigenvalue weighted by Crippen LogP contribution is -2.34. The smallest absolute Gasteiger partial charge is 0.225 e. The summed E-state index contributed by atoms with van der Waals surface area (Å²) in [4.78, 5) is 11.1. The van der Waals surface area contributed by atoms with Crippen LogP contribution in [0.1, 0.15) is 19.9 Å². The van der Waals surface area contributed by atoms with Gasteiger partial charge in [-0.3, -0.25) is 0 Å². The fourth-order valence-electron chi connectivity index (χ4n) is 4.21. The zero-order chi connectivity index (χ0) is 24.5. The first-order valence-electron chi connectivity index (χ1n) is 11.4. The van der Waals surface area contributed by atoms with E-state index < -0.39 is 11.6 Å². The minimum absolute atomic E-state index is 0.0620. The first kappa shape index (κ1) is 22.8. The zero-order valence-corrected chi connectivity index (χ0v) is 19.4. The monoisotopic (exact) mass is 480 g/mol. The Labute approximate surface area is 200 Å². The summed E-state index contributed by atoms with van der Waals surface area (Å²) in [6, 6.07) is 9.24. The highest BCUT2D eigenvalue weighted by Crippen LogP contribution is 2.26. The molecular weight excluding hydrogens is 454 g/mol. The van der Waals surface area contributed by atoms with Gasteiger partial charge in [0.1, 0.15) is 17.3 Å². The van der Waals surface area contributed by atoms with E-state index in [2.05, 4.69) is 27.3 Å². The van der Waals surface area contributed by atoms with Gasteiger partial charge in [0.15, 0.2) is 11.4 Å². The van der Waals surface area contributed by atoms with E-state index in [1.165, 1.54) is 16.6 Å². The Morgan fingerprint density at radius 1 is 1.17 bits per heavy atom. The number of anilines is 2. The normalized spacial score (nSPS) is 12.6. The van der Waals surface area contributed by atoms with E-state index in [1.54, 1.807) is 18.4 Å². The summed E-state index contributed by atoms with van der Waals surface area (Å²) in [7, 11) is 0. The third-order valence-electron chi connectivity index (χ3n) is 6.02. The Kier molecular flexibility index (Phi) is 6.08. The van der Waals surface area contributed by atoms with Gasteiger partial charge >= 0.3 is 0 Å². The molecule has 0 spiro atoms. The Hall–Kier alpha value is -3.99. The lowest BCUT2D eigenvalue weighted by atomic mass is 10.2. The molecule has 0 aliphatic carbocycles. The van der Waals surface area contributed by atoms with Crippen LogP contribution in [0.3, 0.4) is 0 Å². The van der Waals surface area contributed by atoms with Crippen molar-refractivity contribution in [2.75, 3.05) is 36.8 Å². The molecule has 0 saturated heterocycles. The fraction of sp³-hybridized carbons (Fsp3) is 0.292. The molecule has 5 rings (SSSR count). The maximum atomic E-state index is 14.1. The molecule has 3 N–H and O–H groups in total. The molecule has 182 valence electrons. The van der Waals surface area contributed by atoms with Crippen LogP contribution in [0.2, 0.25) is 0 Å². The molecule has 35 heavy (non-hydrogen) atoms. The van der Waals surface area contributed by atoms with Crippen LogP contribution in [0, 0.1) is 11.6 Å². The molecule has 9 nitrogen and oxygen atoms in total. The van der Waals surface area contributed by atoms with Crippen LogP contribution in [0.25, 0.3) is 28.3 Å². The minimum Gasteiger partial charge on any atom is -0.461 e. The zero-order valence-electron chi connectivity index (χ0n) is 19.4. The SMILES string of the molecule is CCN(CCNCC(C)n1ccc2c1nc(N)n1nc(-c3ccco3)nc21)c1ccc(F)cc1F. The van der Waals surface area contributed by atoms with Crippen LogP contribution in [0.5, 0.6) is 0 Å². The summed E-state index contributed by atoms with van der Waals surface area (Å²) in [6.07, 6.45) is 3.52. The highest BCUT2D eigenvalue weighted by atomic mass is 19.1. The van der Waals surface area contributed by atoms with E-state index in [1.807, 2.05) is 28.7 Å². The van der Waals surface area contributed by atoms with E-state index in [4.69, 9.17) is 10.2 Å². The van der Waals surface area contributed by atoms with Crippen molar-refractivity contribution in [2.24, 2.45) is 0 Å². The van der Waals surface area contributed by atoms with Gasteiger partial charge in [-0.15, -0.1) is 5.10 Å². The van der Waals surface area contributed by atoms with E-state index in [9.17, 15) is 8.78 Å². The number of halogens is 2. The average molecular weight is 481 g/mol. The number of aromatic nitrogens is 5. The molecule has 1 unspecified atom stereocenters. The summed E-state index contributed by atoms with van der Waals surface area (Å²) in [6.45, 7) is 6.49. The van der Waals surface area contributed by atoms with Crippen molar-refractivity contribution in [1.82, 2.24) is 29.5 Å². The maximum absolute atomic E-state index is 14.1. The predicted molar refractivity (Wildman–Crippen MR) is 130 cm³/mol. The number of hydrogen-bond donors (Lipinski definition) is 2. The number of furan rings is 1. The van der Waals surface area contributed by atoms with Gasteiger partial charge in [0.25, 0.3) is 0 Å². The first-order valence-corrected chi connectivity index (χ1v) is 11.4. The Bertz CT molecular complexity index is 1460. The second-order valence-electron chi connectivity index (χ2n) is 8.31. The molecule has 11 heteroatoms. The van der Waals surface area contributed by atoms with Crippen molar-refractivity contribution in [1.29, 1.82) is 0 Å². The van der Waals surface area contributed by atoms with Gasteiger partial charge in [-0.05, 0) is 44.2 Å². The number of benzene rings is 1. The second kappa shape index (κ2) is 9.34. The van der Waals surface area contributed by atoms with Crippen molar-refractivity contribution >= 4 is 28.3 Å². The Morgan fingerprint density at radius 3 is 2.77 bits per heavy atom. The van der Waals surface area contributed by atoms with E-state index in [-0.39, 0.29) is 12.0 Å². The Morgan fingerprint density at radius 2 is 2.03 bits per heavy atom. The van der Waals surface area contributed by atoms with Crippen molar-refractivity contribution in [2.45, 2.75) is 19.9 Å². The van der Waals surface area contributed by atoms with Crippen LogP contribution < -0.4 is 16.0 Å². The van der Waals surface area contributed by atoms with Gasteiger partial charge in [0.05, 0.1) is 17.3 Å². The molecule has 0 aliphatic heterocycles. The van der Waals surface area contributed by atoms with E-state index >= 15 is 0 Å². The van der Waals surface area contributed by atoms with Crippen LogP contribution >= 0.6 is 0 Å². The number of hydrogen-bond acceptors (Lipinski definition) is 7. The van der Waals surface area contributed by atoms with Crippen molar-refractivity contribution in [3.63, 3.8) is 0 Å². The minimum atomic E-state index is -0.581. The summed E-state index contributed by atoms with van der Waals surface area (Å²) in [5, 5.41) is 8.68. The van der Waals surface area contributed by atoms with Crippen LogP contribution in [0.15, 0.2) is 53.3 Å². The maximum Gasteiger partial charge on any atom is 0.225 e. The molecule has 4 heterocycles. The highest BCUT2D eigenvalue weighted by Gasteiger charge is 2.18. The molecule has 1 atom stereocenters. The van der Waals surface area contributed by atoms with Crippen molar-refractivity contribution in [3.8, 4) is 11.6 Å².